The number of hydrogen-bond donors (Lipinski definition) is 2. The summed E-state index contributed by atoms with van der Waals surface area (Å²) in [7, 11) is 0. The molecule has 2 bridgehead atoms. The fourth-order valence-corrected chi connectivity index (χ4v) is 5.57. The van der Waals surface area contributed by atoms with Gasteiger partial charge >= 0.3 is 0 Å². The molecular formula is C25H23ClFN3O5. The average Bonchev–Trinajstić information content (AvgIpc) is 3.25. The van der Waals surface area contributed by atoms with Crippen molar-refractivity contribution in [2.45, 2.75) is 62.4 Å². The number of carbonyl (C=O) groups excluding carboxylic acids is 1. The van der Waals surface area contributed by atoms with Crippen molar-refractivity contribution in [3.05, 3.63) is 70.1 Å². The molecule has 1 amide bonds. The van der Waals surface area contributed by atoms with E-state index in [1.54, 1.807) is 12.1 Å². The molecule has 0 radical (unpaired) electrons. The summed E-state index contributed by atoms with van der Waals surface area (Å²) < 4.78 is 30.7. The Kier molecular flexibility index (Phi) is 5.05. The van der Waals surface area contributed by atoms with E-state index in [4.69, 9.17) is 25.5 Å². The molecule has 7 rings (SSSR count). The Balaban J connectivity index is 1.04. The molecule has 8 nitrogen and oxygen atoms in total. The molecule has 0 spiro atoms. The molecule has 10 heteroatoms. The summed E-state index contributed by atoms with van der Waals surface area (Å²) in [6.45, 7) is 1.96. The van der Waals surface area contributed by atoms with Crippen LogP contribution in [0.4, 0.5) is 4.39 Å². The Morgan fingerprint density at radius 2 is 2.06 bits per heavy atom. The van der Waals surface area contributed by atoms with E-state index in [1.807, 2.05) is 19.1 Å². The molecule has 2 atom stereocenters. The van der Waals surface area contributed by atoms with E-state index in [0.717, 1.165) is 11.1 Å². The highest BCUT2D eigenvalue weighted by atomic mass is 35.5. The maximum absolute atomic E-state index is 13.6. The highest BCUT2D eigenvalue weighted by Crippen LogP contribution is 2.67. The number of amides is 1. The van der Waals surface area contributed by atoms with E-state index in [-0.39, 0.29) is 40.8 Å². The van der Waals surface area contributed by atoms with Crippen LogP contribution in [0.3, 0.4) is 0 Å². The van der Waals surface area contributed by atoms with Gasteiger partial charge in [-0.2, -0.15) is 0 Å². The number of nitrogens with one attached hydrogen (secondary N) is 1. The second-order valence-corrected chi connectivity index (χ2v) is 10.3. The minimum atomic E-state index is -0.741. The number of nitrogens with zero attached hydrogens (tertiary/aromatic N) is 2. The third-order valence-corrected chi connectivity index (χ3v) is 7.42. The summed E-state index contributed by atoms with van der Waals surface area (Å²) in [5.74, 6) is 0.874. The molecule has 3 aromatic rings. The zero-order valence-corrected chi connectivity index (χ0v) is 19.6. The monoisotopic (exact) mass is 499 g/mol. The van der Waals surface area contributed by atoms with Gasteiger partial charge in [-0.25, -0.2) is 4.39 Å². The lowest BCUT2D eigenvalue weighted by Crippen LogP contribution is -2.77. The highest BCUT2D eigenvalue weighted by Gasteiger charge is 2.72. The van der Waals surface area contributed by atoms with Gasteiger partial charge in [0.1, 0.15) is 17.3 Å². The molecule has 2 aromatic carbocycles. The maximum atomic E-state index is 13.6. The van der Waals surface area contributed by atoms with Gasteiger partial charge in [-0.05, 0) is 50.5 Å². The molecule has 3 aliphatic carbocycles. The minimum absolute atomic E-state index is 0.00831. The summed E-state index contributed by atoms with van der Waals surface area (Å²) in [5.41, 5.74) is 1.19. The van der Waals surface area contributed by atoms with Crippen molar-refractivity contribution in [3.8, 4) is 11.5 Å². The normalized spacial score (nSPS) is 28.2. The highest BCUT2D eigenvalue weighted by molar-refractivity contribution is 6.30. The van der Waals surface area contributed by atoms with Gasteiger partial charge < -0.3 is 24.3 Å². The van der Waals surface area contributed by atoms with Crippen molar-refractivity contribution in [2.24, 2.45) is 0 Å². The number of fused-ring (bicyclic) bond motifs is 1. The third kappa shape index (κ3) is 3.83. The summed E-state index contributed by atoms with van der Waals surface area (Å²) in [5, 5.41) is 21.8. The lowest BCUT2D eigenvalue weighted by molar-refractivity contribution is -0.149. The molecule has 182 valence electrons. The van der Waals surface area contributed by atoms with Crippen LogP contribution in [-0.4, -0.2) is 32.9 Å². The number of halogens is 2. The van der Waals surface area contributed by atoms with Crippen molar-refractivity contribution in [1.29, 1.82) is 0 Å². The summed E-state index contributed by atoms with van der Waals surface area (Å²) >= 11 is 5.68. The van der Waals surface area contributed by atoms with E-state index in [2.05, 4.69) is 15.5 Å². The van der Waals surface area contributed by atoms with Crippen molar-refractivity contribution in [1.82, 2.24) is 15.5 Å². The first-order valence-corrected chi connectivity index (χ1v) is 11.8. The van der Waals surface area contributed by atoms with Gasteiger partial charge in [-0.3, -0.25) is 4.79 Å². The Bertz CT molecular complexity index is 1310. The van der Waals surface area contributed by atoms with E-state index < -0.39 is 18.0 Å². The number of ether oxygens (including phenoxy) is 2. The zero-order valence-electron chi connectivity index (χ0n) is 18.9. The van der Waals surface area contributed by atoms with Gasteiger partial charge in [0.15, 0.2) is 12.7 Å². The van der Waals surface area contributed by atoms with Gasteiger partial charge in [-0.15, -0.1) is 10.2 Å². The molecule has 2 N–H and O–H groups in total. The SMILES string of the molecule is Cc1ccc2c(c1)[C@H](O)C[C@H](C(=O)NC13CC(c4nnc(COc5ccc(Cl)c(F)c5)o4)(C1)C3)O2. The van der Waals surface area contributed by atoms with Crippen LogP contribution in [0.15, 0.2) is 40.8 Å². The third-order valence-electron chi connectivity index (χ3n) is 7.12. The maximum Gasteiger partial charge on any atom is 0.261 e. The summed E-state index contributed by atoms with van der Waals surface area (Å²) in [6.07, 6.45) is 0.825. The average molecular weight is 500 g/mol. The lowest BCUT2D eigenvalue weighted by Gasteiger charge is -2.68. The Hall–Kier alpha value is -3.17. The van der Waals surface area contributed by atoms with Gasteiger partial charge in [0.05, 0.1) is 16.5 Å². The molecule has 0 saturated heterocycles. The molecule has 2 heterocycles. The quantitative estimate of drug-likeness (QED) is 0.529. The van der Waals surface area contributed by atoms with Gasteiger partial charge in [-0.1, -0.05) is 23.2 Å². The predicted octanol–water partition coefficient (Wildman–Crippen LogP) is 3.92. The van der Waals surface area contributed by atoms with Crippen LogP contribution in [0.1, 0.15) is 54.7 Å². The van der Waals surface area contributed by atoms with E-state index in [9.17, 15) is 14.3 Å². The van der Waals surface area contributed by atoms with Crippen LogP contribution >= 0.6 is 11.6 Å². The fraction of sp³-hybridized carbons (Fsp3) is 0.400. The van der Waals surface area contributed by atoms with Crippen molar-refractivity contribution < 1.29 is 28.2 Å². The van der Waals surface area contributed by atoms with Crippen molar-refractivity contribution in [2.75, 3.05) is 0 Å². The number of aryl methyl sites for hydroxylation is 1. The molecule has 1 aromatic heterocycles. The molecule has 1 aliphatic heterocycles. The Morgan fingerprint density at radius 3 is 2.83 bits per heavy atom. The number of aliphatic hydroxyl groups is 1. The first kappa shape index (κ1) is 22.3. The first-order valence-electron chi connectivity index (χ1n) is 11.4. The molecule has 0 unspecified atom stereocenters. The number of aliphatic hydroxyl groups excluding tert-OH is 1. The number of benzene rings is 2. The molecule has 3 fully saturated rings. The lowest BCUT2D eigenvalue weighted by atomic mass is 9.39. The van der Waals surface area contributed by atoms with Crippen LogP contribution in [0.5, 0.6) is 11.5 Å². The number of carbonyl (C=O) groups is 1. The van der Waals surface area contributed by atoms with Gasteiger partial charge in [0.25, 0.3) is 11.8 Å². The van der Waals surface area contributed by atoms with Gasteiger partial charge in [0.2, 0.25) is 5.89 Å². The van der Waals surface area contributed by atoms with Gasteiger partial charge in [0, 0.05) is 23.6 Å². The number of aromatic nitrogens is 2. The summed E-state index contributed by atoms with van der Waals surface area (Å²) in [6, 6.07) is 9.75. The van der Waals surface area contributed by atoms with Crippen LogP contribution in [-0.2, 0) is 16.8 Å². The smallest absolute Gasteiger partial charge is 0.261 e. The fourth-order valence-electron chi connectivity index (χ4n) is 5.45. The Morgan fingerprint density at radius 1 is 1.26 bits per heavy atom. The van der Waals surface area contributed by atoms with E-state index in [0.29, 0.717) is 36.7 Å². The largest absolute Gasteiger partial charge is 0.484 e. The van der Waals surface area contributed by atoms with Crippen LogP contribution < -0.4 is 14.8 Å². The van der Waals surface area contributed by atoms with E-state index >= 15 is 0 Å². The predicted molar refractivity (Wildman–Crippen MR) is 122 cm³/mol. The first-order chi connectivity index (χ1) is 16.7. The van der Waals surface area contributed by atoms with Crippen molar-refractivity contribution >= 4 is 17.5 Å². The van der Waals surface area contributed by atoms with Crippen LogP contribution in [0.2, 0.25) is 5.02 Å². The second kappa shape index (κ2) is 7.93. The molecule has 4 aliphatic rings. The second-order valence-electron chi connectivity index (χ2n) is 9.85. The Labute approximate surface area is 205 Å². The number of rotatable bonds is 6. The molecule has 35 heavy (non-hydrogen) atoms. The topological polar surface area (TPSA) is 107 Å². The van der Waals surface area contributed by atoms with Crippen LogP contribution in [0.25, 0.3) is 0 Å². The van der Waals surface area contributed by atoms with E-state index in [1.165, 1.54) is 12.1 Å². The standard InChI is InChI=1S/C25H23ClFN3O5/c1-13-2-5-19-15(6-13)18(31)8-20(34-19)22(32)28-25-10-24(11-25,12-25)23-30-29-21(35-23)9-33-14-3-4-16(26)17(27)7-14/h2-7,18,20,31H,8-12H2,1H3,(H,28,32)/t18-,20-,24?,25?/m1/s1. The molecule has 3 saturated carbocycles. The van der Waals surface area contributed by atoms with Crippen molar-refractivity contribution in [3.63, 3.8) is 0 Å². The molecular weight excluding hydrogens is 477 g/mol. The summed E-state index contributed by atoms with van der Waals surface area (Å²) in [4.78, 5) is 12.9. The van der Waals surface area contributed by atoms with Crippen LogP contribution in [0, 0.1) is 12.7 Å². The minimum Gasteiger partial charge on any atom is -0.484 e. The zero-order chi connectivity index (χ0) is 24.4. The number of hydrogen-bond acceptors (Lipinski definition) is 7.